The van der Waals surface area contributed by atoms with Gasteiger partial charge in [-0.05, 0) is 54.5 Å². The van der Waals surface area contributed by atoms with E-state index in [4.69, 9.17) is 26.1 Å². The van der Waals surface area contributed by atoms with Crippen LogP contribution in [0.1, 0.15) is 66.0 Å². The summed E-state index contributed by atoms with van der Waals surface area (Å²) in [5.41, 5.74) is -0.889. The van der Waals surface area contributed by atoms with Crippen molar-refractivity contribution in [2.45, 2.75) is 83.8 Å². The molecule has 2 aliphatic rings. The summed E-state index contributed by atoms with van der Waals surface area (Å²) in [6, 6.07) is 0.128. The molecule has 4 rings (SSSR count). The molecular weight excluding hydrogens is 572 g/mol. The molecule has 2 aromatic rings. The van der Waals surface area contributed by atoms with Gasteiger partial charge in [-0.3, -0.25) is 13.7 Å². The molecule has 6 atom stereocenters. The third-order valence-corrected chi connectivity index (χ3v) is 13.4. The molecule has 0 radical (unpaired) electrons. The van der Waals surface area contributed by atoms with E-state index in [1.807, 2.05) is 0 Å². The molecular formula is C23H38ClN5O8P2. The fourth-order valence-electron chi connectivity index (χ4n) is 5.99. The Labute approximate surface area is 232 Å². The van der Waals surface area contributed by atoms with Crippen LogP contribution in [0.4, 0.5) is 5.82 Å². The van der Waals surface area contributed by atoms with Crippen LogP contribution in [-0.4, -0.2) is 80.8 Å². The molecule has 0 aromatic carbocycles. The largest absolute Gasteiger partial charge is 0.385 e. The maximum atomic E-state index is 12.1. The van der Waals surface area contributed by atoms with Crippen LogP contribution >= 0.6 is 26.6 Å². The van der Waals surface area contributed by atoms with Gasteiger partial charge in [-0.15, -0.1) is 0 Å². The maximum absolute atomic E-state index is 12.1. The molecule has 0 bridgehead atoms. The lowest BCUT2D eigenvalue weighted by molar-refractivity contribution is -0.0647. The van der Waals surface area contributed by atoms with Crippen LogP contribution in [0.3, 0.4) is 0 Å². The Bertz CT molecular complexity index is 1320. The Morgan fingerprint density at radius 3 is 2.56 bits per heavy atom. The zero-order chi connectivity index (χ0) is 29.0. The highest BCUT2D eigenvalue weighted by Crippen LogP contribution is 2.56. The van der Waals surface area contributed by atoms with Crippen molar-refractivity contribution in [1.82, 2.24) is 19.5 Å². The Morgan fingerprint density at radius 1 is 1.23 bits per heavy atom. The zero-order valence-corrected chi connectivity index (χ0v) is 25.0. The number of nitrogens with one attached hydrogen (secondary N) is 1. The summed E-state index contributed by atoms with van der Waals surface area (Å²) in [4.78, 5) is 41.0. The fraction of sp³-hybridized carbons (Fsp3) is 0.783. The molecule has 39 heavy (non-hydrogen) atoms. The molecule has 3 heterocycles. The highest BCUT2D eigenvalue weighted by atomic mass is 35.5. The van der Waals surface area contributed by atoms with E-state index in [-0.39, 0.29) is 41.6 Å². The highest BCUT2D eigenvalue weighted by molar-refractivity contribution is 7.72. The number of hydrogen-bond donors (Lipinski definition) is 6. The smallest absolute Gasteiger partial charge is 0.335 e. The second kappa shape index (κ2) is 10.6. The van der Waals surface area contributed by atoms with Crippen molar-refractivity contribution >= 4 is 43.5 Å². The van der Waals surface area contributed by atoms with E-state index >= 15 is 0 Å². The minimum absolute atomic E-state index is 0.00435. The minimum atomic E-state index is -4.67. The molecule has 1 aliphatic carbocycles. The lowest BCUT2D eigenvalue weighted by atomic mass is 9.66. The average Bonchev–Trinajstić information content (AvgIpc) is 3.41. The van der Waals surface area contributed by atoms with Gasteiger partial charge in [-0.2, -0.15) is 9.97 Å². The molecule has 1 saturated heterocycles. The number of aliphatic hydroxyl groups is 2. The van der Waals surface area contributed by atoms with Gasteiger partial charge >= 0.3 is 7.60 Å². The predicted molar refractivity (Wildman–Crippen MR) is 146 cm³/mol. The quantitative estimate of drug-likeness (QED) is 0.170. The van der Waals surface area contributed by atoms with Crippen molar-refractivity contribution in [1.29, 1.82) is 0 Å². The Balaban J connectivity index is 1.53. The molecule has 4 unspecified atom stereocenters. The molecule has 2 fully saturated rings. The Kier molecular flexibility index (Phi) is 8.38. The van der Waals surface area contributed by atoms with E-state index in [0.29, 0.717) is 17.0 Å². The summed E-state index contributed by atoms with van der Waals surface area (Å²) in [7, 11) is -8.78. The molecule has 0 amide bonds. The lowest BCUT2D eigenvalue weighted by Gasteiger charge is -2.42. The Hall–Kier alpha value is -1.14. The Morgan fingerprint density at radius 2 is 1.92 bits per heavy atom. The second-order valence-corrected chi connectivity index (χ2v) is 16.7. The van der Waals surface area contributed by atoms with Gasteiger partial charge in [0, 0.05) is 12.2 Å². The molecule has 16 heteroatoms. The number of fused-ring (bicyclic) bond motifs is 1. The summed E-state index contributed by atoms with van der Waals surface area (Å²) >= 11 is 6.29. The summed E-state index contributed by atoms with van der Waals surface area (Å²) < 4.78 is 30.4. The standard InChI is InChI=1S/C23H38ClN5O8P2/c1-5-22(4)14(7-9-21(22,2)3)26-17-15-18(28-20(24)27-17)29(12-25-15)19-16(30)23(31,11-37-19)8-6-10-38(32,33)13-39(34,35)36/h12,14,16,19,30-31H,5-11,13H2,1-4H3,(H,32,33)(H,26,27,28)(H2,34,35,36)/t14?,16?,19-,22+,23?/m1/s1. The van der Waals surface area contributed by atoms with Crippen molar-refractivity contribution in [3.05, 3.63) is 11.6 Å². The summed E-state index contributed by atoms with van der Waals surface area (Å²) in [6.07, 6.45) is 1.29. The van der Waals surface area contributed by atoms with E-state index in [0.717, 1.165) is 19.3 Å². The third-order valence-electron chi connectivity index (χ3n) is 8.93. The van der Waals surface area contributed by atoms with Crippen LogP contribution in [0.2, 0.25) is 5.28 Å². The second-order valence-electron chi connectivity index (χ2n) is 11.8. The number of ether oxygens (including phenoxy) is 1. The SMILES string of the molecule is CC[C@@]1(C)C(Nc2nc(Cl)nc3c2ncn3[C@@H]2OCC(O)(CCCP(=O)(O)CP(=O)(O)O)C2O)CCC1(C)C. The molecule has 2 aromatic heterocycles. The number of anilines is 1. The van der Waals surface area contributed by atoms with E-state index < -0.39 is 45.0 Å². The first-order valence-corrected chi connectivity index (χ1v) is 17.2. The van der Waals surface area contributed by atoms with Crippen molar-refractivity contribution < 1.29 is 38.8 Å². The van der Waals surface area contributed by atoms with Gasteiger partial charge < -0.3 is 34.9 Å². The van der Waals surface area contributed by atoms with Gasteiger partial charge in [0.05, 0.1) is 12.9 Å². The van der Waals surface area contributed by atoms with Crippen molar-refractivity contribution in [2.24, 2.45) is 10.8 Å². The highest BCUT2D eigenvalue weighted by Gasteiger charge is 2.51. The van der Waals surface area contributed by atoms with Gasteiger partial charge in [0.1, 0.15) is 17.6 Å². The predicted octanol–water partition coefficient (Wildman–Crippen LogP) is 3.30. The number of imidazole rings is 1. The van der Waals surface area contributed by atoms with Gasteiger partial charge in [0.25, 0.3) is 0 Å². The lowest BCUT2D eigenvalue weighted by Crippen LogP contribution is -2.42. The van der Waals surface area contributed by atoms with Crippen molar-refractivity contribution in [2.75, 3.05) is 24.0 Å². The van der Waals surface area contributed by atoms with E-state index in [2.05, 4.69) is 48.0 Å². The molecule has 1 saturated carbocycles. The van der Waals surface area contributed by atoms with Crippen molar-refractivity contribution in [3.8, 4) is 0 Å². The molecule has 0 spiro atoms. The van der Waals surface area contributed by atoms with Crippen LogP contribution in [-0.2, 0) is 13.9 Å². The fourth-order valence-corrected chi connectivity index (χ4v) is 9.68. The van der Waals surface area contributed by atoms with Gasteiger partial charge in [0.2, 0.25) is 12.7 Å². The number of aliphatic hydroxyl groups excluding tert-OH is 1. The first-order chi connectivity index (χ1) is 17.9. The molecule has 13 nitrogen and oxygen atoms in total. The van der Waals surface area contributed by atoms with Crippen LogP contribution in [0, 0.1) is 10.8 Å². The van der Waals surface area contributed by atoms with Gasteiger partial charge in [-0.25, -0.2) is 4.98 Å². The van der Waals surface area contributed by atoms with Gasteiger partial charge in [-0.1, -0.05) is 27.7 Å². The first kappa shape index (κ1) is 30.8. The summed E-state index contributed by atoms with van der Waals surface area (Å²) in [6.45, 7) is 8.71. The third kappa shape index (κ3) is 6.08. The minimum Gasteiger partial charge on any atom is -0.385 e. The molecule has 1 aliphatic heterocycles. The van der Waals surface area contributed by atoms with Crippen LogP contribution < -0.4 is 5.32 Å². The zero-order valence-electron chi connectivity index (χ0n) is 22.5. The number of rotatable bonds is 10. The topological polar surface area (TPSA) is 200 Å². The van der Waals surface area contributed by atoms with E-state index in [9.17, 15) is 24.2 Å². The van der Waals surface area contributed by atoms with Crippen LogP contribution in [0.5, 0.6) is 0 Å². The number of hydrogen-bond acceptors (Lipinski definition) is 9. The molecule has 220 valence electrons. The molecule has 6 N–H and O–H groups in total. The van der Waals surface area contributed by atoms with Gasteiger partial charge in [0.15, 0.2) is 23.2 Å². The normalized spacial score (nSPS) is 32.5. The number of nitrogens with zero attached hydrogens (tertiary/aromatic N) is 4. The van der Waals surface area contributed by atoms with E-state index in [1.54, 1.807) is 0 Å². The average molecular weight is 610 g/mol. The number of aromatic nitrogens is 4. The van der Waals surface area contributed by atoms with Crippen LogP contribution in [0.15, 0.2) is 6.33 Å². The first-order valence-electron chi connectivity index (χ1n) is 13.0. The summed E-state index contributed by atoms with van der Waals surface area (Å²) in [5.74, 6) is -0.661. The monoisotopic (exact) mass is 609 g/mol. The van der Waals surface area contributed by atoms with E-state index in [1.165, 1.54) is 10.9 Å². The van der Waals surface area contributed by atoms with Crippen molar-refractivity contribution in [3.63, 3.8) is 0 Å². The maximum Gasteiger partial charge on any atom is 0.335 e. The number of halogens is 1. The van der Waals surface area contributed by atoms with Crippen LogP contribution in [0.25, 0.3) is 11.2 Å². The summed E-state index contributed by atoms with van der Waals surface area (Å²) in [5, 5.41) is 25.6.